The number of hydrogen-bond donors (Lipinski definition) is 2. The second kappa shape index (κ2) is 10.2. The molecule has 9 heteroatoms. The number of fused-ring (bicyclic) bond motifs is 1. The number of ether oxygens (including phenoxy) is 3. The summed E-state index contributed by atoms with van der Waals surface area (Å²) in [5.41, 5.74) is 1.93. The molecule has 2 aromatic rings. The van der Waals surface area contributed by atoms with Crippen molar-refractivity contribution in [1.29, 1.82) is 0 Å². The molecule has 0 fully saturated rings. The highest BCUT2D eigenvalue weighted by Crippen LogP contribution is 2.33. The molecule has 1 aliphatic rings. The molecule has 3 amide bonds. The topological polar surface area (TPSA) is 89.1 Å². The summed E-state index contributed by atoms with van der Waals surface area (Å²) in [5, 5.41) is 7.57. The molecule has 1 aromatic heterocycles. The fourth-order valence-electron chi connectivity index (χ4n) is 3.39. The Hall–Kier alpha value is -2.94. The van der Waals surface area contributed by atoms with Gasteiger partial charge in [0.1, 0.15) is 17.2 Å². The number of methoxy groups -OCH3 is 3. The number of nitrogens with zero attached hydrogens (tertiary/aromatic N) is 1. The van der Waals surface area contributed by atoms with E-state index in [4.69, 9.17) is 14.2 Å². The lowest BCUT2D eigenvalue weighted by molar-refractivity contribution is -0.131. The quantitative estimate of drug-likeness (QED) is 0.668. The van der Waals surface area contributed by atoms with E-state index in [-0.39, 0.29) is 31.4 Å². The Morgan fingerprint density at radius 2 is 1.83 bits per heavy atom. The normalized spacial score (nSPS) is 12.7. The van der Waals surface area contributed by atoms with Crippen molar-refractivity contribution in [2.75, 3.05) is 34.4 Å². The van der Waals surface area contributed by atoms with Crippen LogP contribution in [0.2, 0.25) is 0 Å². The molecule has 0 aliphatic carbocycles. The van der Waals surface area contributed by atoms with Gasteiger partial charge in [0.05, 0.1) is 33.4 Å². The number of rotatable bonds is 8. The van der Waals surface area contributed by atoms with Crippen LogP contribution in [0.25, 0.3) is 0 Å². The maximum absolute atomic E-state index is 12.4. The van der Waals surface area contributed by atoms with Gasteiger partial charge in [-0.05, 0) is 23.4 Å². The number of carbonyl (C=O) groups is 2. The molecule has 8 nitrogen and oxygen atoms in total. The van der Waals surface area contributed by atoms with E-state index in [1.807, 2.05) is 4.90 Å². The first-order chi connectivity index (χ1) is 14.5. The first-order valence-corrected chi connectivity index (χ1v) is 10.6. The standard InChI is InChI=1S/C21H27N3O5S/c1-27-15-10-17(28-2)16(18(11-15)29-3)12-23-21(26)22-7-4-20(25)24-8-5-19-14(13-24)6-9-30-19/h6,9-11H,4-5,7-8,12-13H2,1-3H3,(H2,22,23,26). The molecule has 1 aliphatic heterocycles. The SMILES string of the molecule is COc1cc(OC)c(CNC(=O)NCCC(=O)N2CCc3sccc3C2)c(OC)c1. The summed E-state index contributed by atoms with van der Waals surface area (Å²) >= 11 is 1.74. The van der Waals surface area contributed by atoms with Crippen LogP contribution in [0.1, 0.15) is 22.4 Å². The number of thiophene rings is 1. The molecular weight excluding hydrogens is 406 g/mol. The van der Waals surface area contributed by atoms with Crippen LogP contribution < -0.4 is 24.8 Å². The lowest BCUT2D eigenvalue weighted by Gasteiger charge is -2.27. The summed E-state index contributed by atoms with van der Waals surface area (Å²) in [6.07, 6.45) is 1.17. The Kier molecular flexibility index (Phi) is 7.40. The van der Waals surface area contributed by atoms with Crippen LogP contribution >= 0.6 is 11.3 Å². The first-order valence-electron chi connectivity index (χ1n) is 9.69. The van der Waals surface area contributed by atoms with E-state index >= 15 is 0 Å². The molecule has 0 spiro atoms. The van der Waals surface area contributed by atoms with E-state index in [0.717, 1.165) is 13.0 Å². The van der Waals surface area contributed by atoms with E-state index in [1.54, 1.807) is 44.8 Å². The van der Waals surface area contributed by atoms with E-state index in [2.05, 4.69) is 22.1 Å². The summed E-state index contributed by atoms with van der Waals surface area (Å²) in [6, 6.07) is 5.18. The van der Waals surface area contributed by atoms with Crippen molar-refractivity contribution in [3.8, 4) is 17.2 Å². The van der Waals surface area contributed by atoms with Crippen molar-refractivity contribution in [3.05, 3.63) is 39.6 Å². The molecule has 0 saturated heterocycles. The molecule has 0 unspecified atom stereocenters. The highest BCUT2D eigenvalue weighted by molar-refractivity contribution is 7.10. The minimum atomic E-state index is -0.360. The maximum Gasteiger partial charge on any atom is 0.315 e. The molecule has 3 rings (SSSR count). The van der Waals surface area contributed by atoms with Gasteiger partial charge in [0.15, 0.2) is 0 Å². The zero-order valence-corrected chi connectivity index (χ0v) is 18.3. The van der Waals surface area contributed by atoms with Gasteiger partial charge in [0, 0.05) is 43.1 Å². The Morgan fingerprint density at radius 1 is 1.10 bits per heavy atom. The lowest BCUT2D eigenvalue weighted by Crippen LogP contribution is -2.40. The summed E-state index contributed by atoms with van der Waals surface area (Å²) < 4.78 is 16.0. The number of amides is 3. The van der Waals surface area contributed by atoms with Gasteiger partial charge in [-0.3, -0.25) is 4.79 Å². The summed E-state index contributed by atoms with van der Waals surface area (Å²) in [7, 11) is 4.65. The minimum Gasteiger partial charge on any atom is -0.496 e. The predicted molar refractivity (Wildman–Crippen MR) is 114 cm³/mol. The number of nitrogens with one attached hydrogen (secondary N) is 2. The van der Waals surface area contributed by atoms with Crippen LogP contribution in [-0.2, 0) is 24.3 Å². The third-order valence-corrected chi connectivity index (χ3v) is 6.05. The van der Waals surface area contributed by atoms with E-state index < -0.39 is 0 Å². The molecule has 2 N–H and O–H groups in total. The maximum atomic E-state index is 12.4. The van der Waals surface area contributed by atoms with Crippen LogP contribution in [-0.4, -0.2) is 51.3 Å². The van der Waals surface area contributed by atoms with Gasteiger partial charge in [0.25, 0.3) is 0 Å². The smallest absolute Gasteiger partial charge is 0.315 e. The summed E-state index contributed by atoms with van der Waals surface area (Å²) in [5.74, 6) is 1.76. The third-order valence-electron chi connectivity index (χ3n) is 5.03. The molecule has 0 atom stereocenters. The number of benzene rings is 1. The highest BCUT2D eigenvalue weighted by Gasteiger charge is 2.21. The fraction of sp³-hybridized carbons (Fsp3) is 0.429. The van der Waals surface area contributed by atoms with Gasteiger partial charge in [-0.15, -0.1) is 11.3 Å². The van der Waals surface area contributed by atoms with Gasteiger partial charge in [-0.2, -0.15) is 0 Å². The summed E-state index contributed by atoms with van der Waals surface area (Å²) in [4.78, 5) is 27.8. The van der Waals surface area contributed by atoms with Gasteiger partial charge in [-0.25, -0.2) is 4.79 Å². The molecule has 2 heterocycles. The second-order valence-corrected chi connectivity index (χ2v) is 7.80. The van der Waals surface area contributed by atoms with Gasteiger partial charge >= 0.3 is 6.03 Å². The van der Waals surface area contributed by atoms with Crippen molar-refractivity contribution in [1.82, 2.24) is 15.5 Å². The fourth-order valence-corrected chi connectivity index (χ4v) is 4.28. The Morgan fingerprint density at radius 3 is 2.50 bits per heavy atom. The van der Waals surface area contributed by atoms with Crippen molar-refractivity contribution in [2.24, 2.45) is 0 Å². The van der Waals surface area contributed by atoms with E-state index in [0.29, 0.717) is 29.4 Å². The van der Waals surface area contributed by atoms with E-state index in [9.17, 15) is 9.59 Å². The predicted octanol–water partition coefficient (Wildman–Crippen LogP) is 2.55. The molecular formula is C21H27N3O5S. The average molecular weight is 434 g/mol. The van der Waals surface area contributed by atoms with Crippen molar-refractivity contribution in [2.45, 2.75) is 25.9 Å². The highest BCUT2D eigenvalue weighted by atomic mass is 32.1. The van der Waals surface area contributed by atoms with Crippen molar-refractivity contribution < 1.29 is 23.8 Å². The van der Waals surface area contributed by atoms with Crippen LogP contribution in [0.4, 0.5) is 4.79 Å². The van der Waals surface area contributed by atoms with Crippen molar-refractivity contribution in [3.63, 3.8) is 0 Å². The lowest BCUT2D eigenvalue weighted by atomic mass is 10.1. The third kappa shape index (κ3) is 5.15. The van der Waals surface area contributed by atoms with Crippen LogP contribution in [0.5, 0.6) is 17.2 Å². The molecule has 162 valence electrons. The van der Waals surface area contributed by atoms with E-state index in [1.165, 1.54) is 10.4 Å². The van der Waals surface area contributed by atoms with Crippen LogP contribution in [0.15, 0.2) is 23.6 Å². The van der Waals surface area contributed by atoms with Gasteiger partial charge < -0.3 is 29.7 Å². The zero-order chi connectivity index (χ0) is 21.5. The molecule has 0 radical (unpaired) electrons. The van der Waals surface area contributed by atoms with Crippen LogP contribution in [0.3, 0.4) is 0 Å². The number of carbonyl (C=O) groups excluding carboxylic acids is 2. The molecule has 1 aromatic carbocycles. The Labute approximate surface area is 180 Å². The van der Waals surface area contributed by atoms with Crippen molar-refractivity contribution >= 4 is 23.3 Å². The Bertz CT molecular complexity index is 874. The van der Waals surface area contributed by atoms with Crippen LogP contribution in [0, 0.1) is 0 Å². The first kappa shape index (κ1) is 21.8. The Balaban J connectivity index is 1.46. The monoisotopic (exact) mass is 433 g/mol. The number of urea groups is 1. The largest absolute Gasteiger partial charge is 0.496 e. The average Bonchev–Trinajstić information content (AvgIpc) is 3.24. The second-order valence-electron chi connectivity index (χ2n) is 6.80. The summed E-state index contributed by atoms with van der Waals surface area (Å²) in [6.45, 7) is 1.87. The van der Waals surface area contributed by atoms with Gasteiger partial charge in [-0.1, -0.05) is 0 Å². The number of hydrogen-bond acceptors (Lipinski definition) is 6. The minimum absolute atomic E-state index is 0.0469. The molecule has 0 saturated carbocycles. The molecule has 30 heavy (non-hydrogen) atoms. The zero-order valence-electron chi connectivity index (χ0n) is 17.4. The molecule has 0 bridgehead atoms. The van der Waals surface area contributed by atoms with Gasteiger partial charge in [0.2, 0.25) is 5.91 Å².